The topological polar surface area (TPSA) is 76.4 Å². The van der Waals surface area contributed by atoms with E-state index in [-0.39, 0.29) is 11.5 Å². The van der Waals surface area contributed by atoms with Crippen LogP contribution >= 0.6 is 27.7 Å². The summed E-state index contributed by atoms with van der Waals surface area (Å²) in [5.74, 6) is 1.41. The SMILES string of the molecule is CSc1nc2c(c(N3CCCn4nc(C(=O)N(C)C)cc4C3)n1)CO[C@]1(C2)C[C@H](C)Cc2ccc(Br)cc21. The van der Waals surface area contributed by atoms with Crippen molar-refractivity contribution in [3.05, 3.63) is 62.5 Å². The van der Waals surface area contributed by atoms with Gasteiger partial charge in [0.2, 0.25) is 0 Å². The summed E-state index contributed by atoms with van der Waals surface area (Å²) >= 11 is 5.27. The van der Waals surface area contributed by atoms with E-state index in [9.17, 15) is 4.79 Å². The molecule has 3 aliphatic rings. The molecule has 38 heavy (non-hydrogen) atoms. The number of thioether (sulfide) groups is 1. The van der Waals surface area contributed by atoms with Crippen molar-refractivity contribution in [2.24, 2.45) is 5.92 Å². The van der Waals surface area contributed by atoms with Crippen LogP contribution in [0, 0.1) is 5.92 Å². The van der Waals surface area contributed by atoms with Crippen LogP contribution in [0.2, 0.25) is 0 Å². The van der Waals surface area contributed by atoms with Crippen molar-refractivity contribution in [2.75, 3.05) is 31.8 Å². The molecule has 0 saturated heterocycles. The fraction of sp³-hybridized carbons (Fsp3) is 0.500. The van der Waals surface area contributed by atoms with E-state index in [4.69, 9.17) is 14.7 Å². The first-order chi connectivity index (χ1) is 18.3. The lowest BCUT2D eigenvalue weighted by molar-refractivity contribution is -0.0939. The average Bonchev–Trinajstić information content (AvgIpc) is 3.19. The second-order valence-corrected chi connectivity index (χ2v) is 12.6. The lowest BCUT2D eigenvalue weighted by Crippen LogP contribution is -2.42. The molecule has 1 aliphatic carbocycles. The number of anilines is 1. The second-order valence-electron chi connectivity index (χ2n) is 11.0. The van der Waals surface area contributed by atoms with Gasteiger partial charge in [0.15, 0.2) is 10.9 Å². The maximum Gasteiger partial charge on any atom is 0.273 e. The number of fused-ring (bicyclic) bond motifs is 4. The van der Waals surface area contributed by atoms with E-state index in [0.717, 1.165) is 71.2 Å². The fourth-order valence-electron chi connectivity index (χ4n) is 6.23. The van der Waals surface area contributed by atoms with Gasteiger partial charge in [-0.2, -0.15) is 5.10 Å². The molecule has 6 rings (SSSR count). The number of aryl methyl sites for hydroxylation is 1. The van der Waals surface area contributed by atoms with Crippen molar-refractivity contribution in [3.8, 4) is 0 Å². The summed E-state index contributed by atoms with van der Waals surface area (Å²) in [5.41, 5.74) is 5.98. The fourth-order valence-corrected chi connectivity index (χ4v) is 6.97. The Morgan fingerprint density at radius 2 is 2.08 bits per heavy atom. The van der Waals surface area contributed by atoms with E-state index >= 15 is 0 Å². The zero-order chi connectivity index (χ0) is 26.6. The van der Waals surface area contributed by atoms with Crippen molar-refractivity contribution in [1.29, 1.82) is 0 Å². The van der Waals surface area contributed by atoms with Crippen LogP contribution in [0.5, 0.6) is 0 Å². The highest BCUT2D eigenvalue weighted by atomic mass is 79.9. The molecule has 4 heterocycles. The third-order valence-corrected chi connectivity index (χ3v) is 8.97. The standard InChI is InChI=1S/C28H33BrN6O2S/c1-17-10-18-6-7-19(29)11-22(18)28(13-17)14-24-21(16-37-28)25(31-27(30-24)38-4)34-8-5-9-35-20(15-34)12-23(32-35)26(36)33(2)3/h6-7,11-12,17H,5,8-10,13-16H2,1-4H3/t17-,28+/m1/s1. The molecule has 8 nitrogen and oxygen atoms in total. The van der Waals surface area contributed by atoms with E-state index in [0.29, 0.717) is 24.8 Å². The van der Waals surface area contributed by atoms with Gasteiger partial charge in [0, 0.05) is 43.6 Å². The Bertz CT molecular complexity index is 1410. The summed E-state index contributed by atoms with van der Waals surface area (Å²) < 4.78 is 9.91. The molecule has 0 radical (unpaired) electrons. The third kappa shape index (κ3) is 4.54. The molecule has 2 aromatic heterocycles. The van der Waals surface area contributed by atoms with Gasteiger partial charge in [0.25, 0.3) is 5.91 Å². The molecule has 3 aromatic rings. The Morgan fingerprint density at radius 3 is 2.87 bits per heavy atom. The van der Waals surface area contributed by atoms with Gasteiger partial charge < -0.3 is 14.5 Å². The molecule has 1 spiro atoms. The quantitative estimate of drug-likeness (QED) is 0.317. The molecular weight excluding hydrogens is 564 g/mol. The summed E-state index contributed by atoms with van der Waals surface area (Å²) in [7, 11) is 3.51. The van der Waals surface area contributed by atoms with Crippen molar-refractivity contribution in [1.82, 2.24) is 24.6 Å². The Balaban J connectivity index is 1.37. The molecule has 200 valence electrons. The Hall–Kier alpha value is -2.43. The molecule has 2 atom stereocenters. The van der Waals surface area contributed by atoms with Gasteiger partial charge in [-0.25, -0.2) is 9.97 Å². The van der Waals surface area contributed by atoms with Crippen molar-refractivity contribution in [3.63, 3.8) is 0 Å². The van der Waals surface area contributed by atoms with E-state index in [1.807, 2.05) is 17.0 Å². The van der Waals surface area contributed by atoms with Crippen molar-refractivity contribution in [2.45, 2.75) is 63.1 Å². The Kier molecular flexibility index (Phi) is 6.76. The largest absolute Gasteiger partial charge is 0.365 e. The molecule has 2 aliphatic heterocycles. The predicted molar refractivity (Wildman–Crippen MR) is 152 cm³/mol. The van der Waals surface area contributed by atoms with Crippen molar-refractivity contribution >= 4 is 39.4 Å². The highest BCUT2D eigenvalue weighted by molar-refractivity contribution is 9.10. The molecule has 0 bridgehead atoms. The Morgan fingerprint density at radius 1 is 1.24 bits per heavy atom. The lowest BCUT2D eigenvalue weighted by Gasteiger charge is -2.45. The molecule has 0 saturated carbocycles. The van der Waals surface area contributed by atoms with Gasteiger partial charge >= 0.3 is 0 Å². The maximum absolute atomic E-state index is 12.5. The summed E-state index contributed by atoms with van der Waals surface area (Å²) in [6.07, 6.45) is 5.75. The van der Waals surface area contributed by atoms with Crippen molar-refractivity contribution < 1.29 is 9.53 Å². The number of halogens is 1. The number of carbonyl (C=O) groups is 1. The highest BCUT2D eigenvalue weighted by Gasteiger charge is 2.44. The summed E-state index contributed by atoms with van der Waals surface area (Å²) in [4.78, 5) is 26.5. The first-order valence-electron chi connectivity index (χ1n) is 13.2. The lowest BCUT2D eigenvalue weighted by atomic mass is 9.71. The van der Waals surface area contributed by atoms with Gasteiger partial charge in [0.1, 0.15) is 5.82 Å². The number of hydrogen-bond donors (Lipinski definition) is 0. The zero-order valence-electron chi connectivity index (χ0n) is 22.3. The van der Waals surface area contributed by atoms with E-state index in [1.165, 1.54) is 11.1 Å². The van der Waals surface area contributed by atoms with E-state index in [2.05, 4.69) is 51.1 Å². The molecule has 1 amide bonds. The van der Waals surface area contributed by atoms with Gasteiger partial charge in [-0.05, 0) is 60.8 Å². The van der Waals surface area contributed by atoms with Crippen LogP contribution in [0.4, 0.5) is 5.82 Å². The number of hydrogen-bond acceptors (Lipinski definition) is 7. The number of rotatable bonds is 3. The number of nitrogens with zero attached hydrogens (tertiary/aromatic N) is 6. The minimum atomic E-state index is -0.371. The normalized spacial score (nSPS) is 22.4. The third-order valence-electron chi connectivity index (χ3n) is 7.93. The molecule has 10 heteroatoms. The van der Waals surface area contributed by atoms with Crippen LogP contribution in [0.1, 0.15) is 58.3 Å². The van der Waals surface area contributed by atoms with Crippen LogP contribution in [0.3, 0.4) is 0 Å². The smallest absolute Gasteiger partial charge is 0.273 e. The van der Waals surface area contributed by atoms with Gasteiger partial charge in [-0.3, -0.25) is 9.48 Å². The van der Waals surface area contributed by atoms with Crippen LogP contribution in [-0.2, 0) is 42.9 Å². The molecular formula is C28H33BrN6O2S. The van der Waals surface area contributed by atoms with Gasteiger partial charge in [0.05, 0.1) is 30.1 Å². The van der Waals surface area contributed by atoms with Crippen LogP contribution in [0.15, 0.2) is 33.9 Å². The molecule has 1 aromatic carbocycles. The number of benzene rings is 1. The minimum Gasteiger partial charge on any atom is -0.365 e. The first kappa shape index (κ1) is 25.8. The molecule has 0 fully saturated rings. The zero-order valence-corrected chi connectivity index (χ0v) is 24.7. The van der Waals surface area contributed by atoms with E-state index in [1.54, 1.807) is 30.8 Å². The number of amides is 1. The first-order valence-corrected chi connectivity index (χ1v) is 15.2. The average molecular weight is 598 g/mol. The maximum atomic E-state index is 12.5. The Labute approximate surface area is 236 Å². The number of carbonyl (C=O) groups excluding carboxylic acids is 1. The van der Waals surface area contributed by atoms with Gasteiger partial charge in [-0.1, -0.05) is 40.7 Å². The highest BCUT2D eigenvalue weighted by Crippen LogP contribution is 2.48. The van der Waals surface area contributed by atoms with E-state index < -0.39 is 0 Å². The number of aromatic nitrogens is 4. The summed E-state index contributed by atoms with van der Waals surface area (Å²) in [6.45, 7) is 5.08. The van der Waals surface area contributed by atoms with Crippen LogP contribution in [0.25, 0.3) is 0 Å². The predicted octanol–water partition coefficient (Wildman–Crippen LogP) is 4.82. The number of ether oxygens (including phenoxy) is 1. The second kappa shape index (κ2) is 9.95. The molecule has 0 N–H and O–H groups in total. The van der Waals surface area contributed by atoms with Crippen LogP contribution in [-0.4, -0.2) is 57.5 Å². The minimum absolute atomic E-state index is 0.0754. The van der Waals surface area contributed by atoms with Crippen LogP contribution < -0.4 is 4.90 Å². The molecule has 0 unspecified atom stereocenters. The monoisotopic (exact) mass is 596 g/mol. The summed E-state index contributed by atoms with van der Waals surface area (Å²) in [5, 5.41) is 5.39. The van der Waals surface area contributed by atoms with Gasteiger partial charge in [-0.15, -0.1) is 0 Å². The summed E-state index contributed by atoms with van der Waals surface area (Å²) in [6, 6.07) is 8.54.